The van der Waals surface area contributed by atoms with E-state index in [9.17, 15) is 17.6 Å². The average molecular weight is 549 g/mol. The maximum Gasteiger partial charge on any atom is 0.389 e. The van der Waals surface area contributed by atoms with Crippen LogP contribution in [0.15, 0.2) is 66.8 Å². The number of benzene rings is 2. The number of methoxy groups -OCH3 is 1. The van der Waals surface area contributed by atoms with Gasteiger partial charge >= 0.3 is 6.18 Å². The predicted molar refractivity (Wildman–Crippen MR) is 145 cm³/mol. The molecule has 1 aliphatic rings. The van der Waals surface area contributed by atoms with Gasteiger partial charge in [0.05, 0.1) is 19.8 Å². The zero-order valence-electron chi connectivity index (χ0n) is 22.2. The van der Waals surface area contributed by atoms with E-state index in [1.807, 2.05) is 36.4 Å². The minimum absolute atomic E-state index is 0.00699. The van der Waals surface area contributed by atoms with Gasteiger partial charge in [-0.25, -0.2) is 4.39 Å². The Morgan fingerprint density at radius 2 is 1.77 bits per heavy atom. The van der Waals surface area contributed by atoms with Crippen LogP contribution in [0.4, 0.5) is 17.6 Å². The smallest absolute Gasteiger partial charge is 0.389 e. The van der Waals surface area contributed by atoms with Crippen molar-refractivity contribution in [3.8, 4) is 11.5 Å². The van der Waals surface area contributed by atoms with Gasteiger partial charge in [0.25, 0.3) is 0 Å². The van der Waals surface area contributed by atoms with Gasteiger partial charge in [-0.1, -0.05) is 36.9 Å². The first-order valence-corrected chi connectivity index (χ1v) is 13.1. The van der Waals surface area contributed by atoms with Crippen LogP contribution < -0.4 is 9.47 Å². The molecule has 0 aromatic heterocycles. The van der Waals surface area contributed by atoms with Crippen molar-refractivity contribution in [1.82, 2.24) is 0 Å². The summed E-state index contributed by atoms with van der Waals surface area (Å²) in [6.07, 6.45) is 2.85. The molecule has 0 amide bonds. The summed E-state index contributed by atoms with van der Waals surface area (Å²) in [5.41, 5.74) is 3.85. The number of aliphatic hydroxyl groups is 1. The summed E-state index contributed by atoms with van der Waals surface area (Å²) in [7, 11) is 1.61. The van der Waals surface area contributed by atoms with Gasteiger partial charge in [0.15, 0.2) is 0 Å². The van der Waals surface area contributed by atoms with Crippen LogP contribution in [-0.2, 0) is 11.2 Å². The van der Waals surface area contributed by atoms with Crippen LogP contribution in [0.2, 0.25) is 0 Å². The Hall–Kier alpha value is -3.10. The Morgan fingerprint density at radius 3 is 2.38 bits per heavy atom. The van der Waals surface area contributed by atoms with Crippen molar-refractivity contribution in [3.05, 3.63) is 89.3 Å². The Balaban J connectivity index is 1.66. The molecule has 2 aromatic rings. The zero-order valence-corrected chi connectivity index (χ0v) is 22.2. The summed E-state index contributed by atoms with van der Waals surface area (Å²) < 4.78 is 68.5. The lowest BCUT2D eigenvalue weighted by Gasteiger charge is -2.19. The molecule has 0 bridgehead atoms. The van der Waals surface area contributed by atoms with E-state index in [-0.39, 0.29) is 31.2 Å². The molecule has 0 heterocycles. The van der Waals surface area contributed by atoms with Crippen LogP contribution in [0.5, 0.6) is 11.5 Å². The topological polar surface area (TPSA) is 47.9 Å². The number of hydrogen-bond acceptors (Lipinski definition) is 4. The summed E-state index contributed by atoms with van der Waals surface area (Å²) in [6, 6.07) is 10.7. The maximum atomic E-state index is 14.7. The van der Waals surface area contributed by atoms with E-state index in [1.54, 1.807) is 13.2 Å². The summed E-state index contributed by atoms with van der Waals surface area (Å²) in [6.45, 7) is 4.92. The normalized spacial score (nSPS) is 15.2. The highest BCUT2D eigenvalue weighted by atomic mass is 19.4. The number of alkyl halides is 3. The molecular formula is C31H36F4O4. The Bertz CT molecular complexity index is 1150. The van der Waals surface area contributed by atoms with Gasteiger partial charge in [-0.3, -0.25) is 0 Å². The van der Waals surface area contributed by atoms with Crippen molar-refractivity contribution in [2.75, 3.05) is 33.5 Å². The van der Waals surface area contributed by atoms with E-state index < -0.39 is 12.6 Å². The summed E-state index contributed by atoms with van der Waals surface area (Å²) in [5, 5.41) is 9.15. The number of aryl methyl sites for hydroxylation is 1. The van der Waals surface area contributed by atoms with Gasteiger partial charge in [-0.05, 0) is 71.7 Å². The van der Waals surface area contributed by atoms with Crippen molar-refractivity contribution in [2.24, 2.45) is 0 Å². The van der Waals surface area contributed by atoms with Crippen LogP contribution in [0.3, 0.4) is 0 Å². The second-order valence-electron chi connectivity index (χ2n) is 9.57. The third-order valence-electron chi connectivity index (χ3n) is 6.48. The summed E-state index contributed by atoms with van der Waals surface area (Å²) >= 11 is 0. The molecule has 0 fully saturated rings. The van der Waals surface area contributed by atoms with Crippen LogP contribution in [0.25, 0.3) is 5.57 Å². The fraction of sp³-hybridized carbons (Fsp3) is 0.419. The van der Waals surface area contributed by atoms with Crippen molar-refractivity contribution >= 4 is 5.57 Å². The third-order valence-corrected chi connectivity index (χ3v) is 6.48. The first-order chi connectivity index (χ1) is 18.7. The highest BCUT2D eigenvalue weighted by molar-refractivity contribution is 5.77. The second kappa shape index (κ2) is 14.9. The molecule has 39 heavy (non-hydrogen) atoms. The Morgan fingerprint density at radius 1 is 1.03 bits per heavy atom. The number of rotatable bonds is 15. The summed E-state index contributed by atoms with van der Waals surface area (Å²) in [4.78, 5) is 0. The summed E-state index contributed by atoms with van der Waals surface area (Å²) in [5.74, 6) is 0.887. The molecule has 1 aliphatic carbocycles. The van der Waals surface area contributed by atoms with E-state index in [0.29, 0.717) is 61.7 Å². The van der Waals surface area contributed by atoms with E-state index in [0.717, 1.165) is 16.7 Å². The zero-order chi connectivity index (χ0) is 28.3. The number of unbranched alkanes of at least 4 members (excludes halogenated alkanes) is 1. The van der Waals surface area contributed by atoms with Gasteiger partial charge in [-0.2, -0.15) is 13.2 Å². The molecular weight excluding hydrogens is 512 g/mol. The number of hydrogen-bond donors (Lipinski definition) is 1. The molecule has 4 nitrogen and oxygen atoms in total. The minimum atomic E-state index is -4.18. The fourth-order valence-electron chi connectivity index (χ4n) is 4.26. The molecule has 8 heteroatoms. The molecule has 0 spiro atoms. The number of halogens is 4. The first-order valence-electron chi connectivity index (χ1n) is 13.1. The molecule has 3 rings (SSSR count). The van der Waals surface area contributed by atoms with Gasteiger partial charge in [-0.15, -0.1) is 0 Å². The van der Waals surface area contributed by atoms with Crippen LogP contribution in [0, 0.1) is 5.82 Å². The third kappa shape index (κ3) is 10.2. The molecule has 0 saturated heterocycles. The number of ether oxygens (including phenoxy) is 3. The molecule has 212 valence electrons. The highest BCUT2D eigenvalue weighted by Gasteiger charge is 2.26. The largest absolute Gasteiger partial charge is 0.493 e. The quantitative estimate of drug-likeness (QED) is 0.142. The first kappa shape index (κ1) is 30.4. The van der Waals surface area contributed by atoms with Crippen molar-refractivity contribution in [3.63, 3.8) is 0 Å². The molecule has 0 saturated carbocycles. The Kier molecular flexibility index (Phi) is 11.6. The Labute approximate surface area is 227 Å². The lowest BCUT2D eigenvalue weighted by Crippen LogP contribution is -2.07. The van der Waals surface area contributed by atoms with E-state index >= 15 is 0 Å². The van der Waals surface area contributed by atoms with Crippen molar-refractivity contribution < 1.29 is 36.9 Å². The van der Waals surface area contributed by atoms with Crippen LogP contribution in [-0.4, -0.2) is 44.8 Å². The molecule has 0 aliphatic heterocycles. The lowest BCUT2D eigenvalue weighted by atomic mass is 9.87. The fourth-order valence-corrected chi connectivity index (χ4v) is 4.26. The lowest BCUT2D eigenvalue weighted by molar-refractivity contribution is -0.135. The molecule has 1 unspecified atom stereocenters. The van der Waals surface area contributed by atoms with Gasteiger partial charge in [0, 0.05) is 31.9 Å². The monoisotopic (exact) mass is 548 g/mol. The van der Waals surface area contributed by atoms with Gasteiger partial charge in [0.1, 0.15) is 23.9 Å². The van der Waals surface area contributed by atoms with Crippen molar-refractivity contribution in [2.45, 2.75) is 50.6 Å². The molecule has 1 N–H and O–H groups in total. The average Bonchev–Trinajstić information content (AvgIpc) is 2.91. The minimum Gasteiger partial charge on any atom is -0.493 e. The van der Waals surface area contributed by atoms with Crippen molar-refractivity contribution in [1.29, 1.82) is 0 Å². The molecule has 1 atom stereocenters. The standard InChI is InChI=1S/C31H36F4O4/c1-22(21-36)12-14-38-28-17-27(18-29(20-28)39-16-15-37-2)24-8-6-23(7-9-24)26-11-10-25(30(32)19-26)5-3-4-13-31(33,34)35/h6,8-11,17-20,23,36H,1,3-5,7,12-16,21H2,2H3. The maximum absolute atomic E-state index is 14.7. The van der Waals surface area contributed by atoms with E-state index in [2.05, 4.69) is 12.7 Å². The van der Waals surface area contributed by atoms with Crippen LogP contribution >= 0.6 is 0 Å². The molecule has 0 radical (unpaired) electrons. The highest BCUT2D eigenvalue weighted by Crippen LogP contribution is 2.34. The number of allylic oxidation sites excluding steroid dienone is 4. The SMILES string of the molecule is C=C(CO)CCOc1cc(OCCOC)cc(C2=CCC(c3ccc(CCCCC(F)(F)F)c(F)c3)C=C2)c1. The predicted octanol–water partition coefficient (Wildman–Crippen LogP) is 7.57. The second-order valence-corrected chi connectivity index (χ2v) is 9.57. The van der Waals surface area contributed by atoms with Gasteiger partial charge < -0.3 is 19.3 Å². The van der Waals surface area contributed by atoms with E-state index in [4.69, 9.17) is 19.3 Å². The van der Waals surface area contributed by atoms with Crippen LogP contribution in [0.1, 0.15) is 54.7 Å². The molecule has 2 aromatic carbocycles. The van der Waals surface area contributed by atoms with Gasteiger partial charge in [0.2, 0.25) is 0 Å². The number of aliphatic hydroxyl groups excluding tert-OH is 1. The van der Waals surface area contributed by atoms with E-state index in [1.165, 1.54) is 6.07 Å².